The second-order valence-electron chi connectivity index (χ2n) is 5.00. The molecular weight excluding hydrogens is 230 g/mol. The molecule has 18 heavy (non-hydrogen) atoms. The van der Waals surface area contributed by atoms with E-state index in [0.29, 0.717) is 6.04 Å². The molecule has 1 aliphatic carbocycles. The van der Waals surface area contributed by atoms with Gasteiger partial charge in [0.15, 0.2) is 0 Å². The van der Waals surface area contributed by atoms with E-state index >= 15 is 0 Å². The van der Waals surface area contributed by atoms with E-state index in [1.54, 1.807) is 7.11 Å². The number of rotatable bonds is 2. The Balaban J connectivity index is 1.86. The Morgan fingerprint density at radius 2 is 2.33 bits per heavy atom. The molecule has 2 N–H and O–H groups in total. The predicted molar refractivity (Wildman–Crippen MR) is 67.9 cm³/mol. The maximum Gasteiger partial charge on any atom is 0.122 e. The summed E-state index contributed by atoms with van der Waals surface area (Å²) in [4.78, 5) is 0. The largest absolute Gasteiger partial charge is 0.496 e. The molecule has 4 nitrogen and oxygen atoms in total. The Morgan fingerprint density at radius 1 is 1.44 bits per heavy atom. The molecule has 4 heteroatoms. The molecule has 2 aliphatic rings. The third-order valence-electron chi connectivity index (χ3n) is 3.92. The number of morpholine rings is 1. The van der Waals surface area contributed by atoms with E-state index in [0.717, 1.165) is 25.1 Å². The van der Waals surface area contributed by atoms with Crippen LogP contribution in [0.3, 0.4) is 0 Å². The number of ether oxygens (including phenoxy) is 2. The lowest BCUT2D eigenvalue weighted by atomic mass is 9.84. The van der Waals surface area contributed by atoms with Crippen molar-refractivity contribution >= 4 is 0 Å². The van der Waals surface area contributed by atoms with Gasteiger partial charge in [-0.05, 0) is 23.6 Å². The second kappa shape index (κ2) is 4.88. The van der Waals surface area contributed by atoms with Gasteiger partial charge in [-0.15, -0.1) is 0 Å². The number of aliphatic hydroxyl groups is 1. The highest BCUT2D eigenvalue weighted by molar-refractivity contribution is 5.43. The summed E-state index contributed by atoms with van der Waals surface area (Å²) < 4.78 is 11.3. The zero-order chi connectivity index (χ0) is 12.5. The number of fused-ring (bicyclic) bond motifs is 2. The zero-order valence-corrected chi connectivity index (χ0v) is 10.6. The second-order valence-corrected chi connectivity index (χ2v) is 5.00. The van der Waals surface area contributed by atoms with Crippen molar-refractivity contribution in [2.24, 2.45) is 0 Å². The van der Waals surface area contributed by atoms with Crippen molar-refractivity contribution in [1.29, 1.82) is 0 Å². The van der Waals surface area contributed by atoms with Gasteiger partial charge >= 0.3 is 0 Å². The van der Waals surface area contributed by atoms with Crippen LogP contribution < -0.4 is 10.1 Å². The van der Waals surface area contributed by atoms with Crippen LogP contribution in [0.5, 0.6) is 5.75 Å². The van der Waals surface area contributed by atoms with Crippen LogP contribution >= 0.6 is 0 Å². The molecule has 0 aromatic heterocycles. The quantitative estimate of drug-likeness (QED) is 0.802. The van der Waals surface area contributed by atoms with Crippen LogP contribution in [-0.2, 0) is 17.6 Å². The van der Waals surface area contributed by atoms with E-state index < -0.39 is 0 Å². The molecule has 1 aliphatic heterocycles. The lowest BCUT2D eigenvalue weighted by Gasteiger charge is -2.40. The van der Waals surface area contributed by atoms with Crippen LogP contribution in [0.25, 0.3) is 0 Å². The molecule has 0 amide bonds. The zero-order valence-electron chi connectivity index (χ0n) is 10.6. The molecule has 3 rings (SSSR count). The summed E-state index contributed by atoms with van der Waals surface area (Å²) in [6.07, 6.45) is 1.88. The van der Waals surface area contributed by atoms with Gasteiger partial charge in [-0.25, -0.2) is 0 Å². The molecule has 1 heterocycles. The lowest BCUT2D eigenvalue weighted by Crippen LogP contribution is -2.56. The van der Waals surface area contributed by atoms with Crippen LogP contribution in [0.4, 0.5) is 0 Å². The van der Waals surface area contributed by atoms with Crippen LogP contribution in [0.2, 0.25) is 0 Å². The van der Waals surface area contributed by atoms with E-state index in [9.17, 15) is 5.11 Å². The van der Waals surface area contributed by atoms with Gasteiger partial charge in [-0.2, -0.15) is 0 Å². The van der Waals surface area contributed by atoms with Crippen molar-refractivity contribution in [3.63, 3.8) is 0 Å². The summed E-state index contributed by atoms with van der Waals surface area (Å²) in [5.41, 5.74) is 2.59. The van der Waals surface area contributed by atoms with Gasteiger partial charge in [0.25, 0.3) is 0 Å². The number of methoxy groups -OCH3 is 1. The van der Waals surface area contributed by atoms with Crippen molar-refractivity contribution < 1.29 is 14.6 Å². The van der Waals surface area contributed by atoms with E-state index in [-0.39, 0.29) is 18.8 Å². The molecule has 3 atom stereocenters. The van der Waals surface area contributed by atoms with Crippen molar-refractivity contribution in [3.05, 3.63) is 29.3 Å². The molecule has 1 aromatic rings. The van der Waals surface area contributed by atoms with Gasteiger partial charge in [0.2, 0.25) is 0 Å². The topological polar surface area (TPSA) is 50.7 Å². The minimum atomic E-state index is -0.0810. The third-order valence-corrected chi connectivity index (χ3v) is 3.92. The lowest BCUT2D eigenvalue weighted by molar-refractivity contribution is -0.0844. The van der Waals surface area contributed by atoms with Gasteiger partial charge < -0.3 is 19.9 Å². The van der Waals surface area contributed by atoms with Crippen molar-refractivity contribution in [1.82, 2.24) is 5.32 Å². The molecule has 0 bridgehead atoms. The molecule has 1 unspecified atom stereocenters. The van der Waals surface area contributed by atoms with Gasteiger partial charge in [0.05, 0.1) is 25.9 Å². The maximum absolute atomic E-state index is 9.19. The average molecular weight is 249 g/mol. The van der Waals surface area contributed by atoms with Crippen LogP contribution in [-0.4, -0.2) is 43.6 Å². The van der Waals surface area contributed by atoms with Crippen LogP contribution in [0, 0.1) is 0 Å². The molecule has 1 saturated heterocycles. The monoisotopic (exact) mass is 249 g/mol. The summed E-state index contributed by atoms with van der Waals surface area (Å²) >= 11 is 0. The van der Waals surface area contributed by atoms with E-state index in [2.05, 4.69) is 11.4 Å². The van der Waals surface area contributed by atoms with E-state index in [1.807, 2.05) is 12.1 Å². The third kappa shape index (κ3) is 2.00. The number of hydrogen-bond donors (Lipinski definition) is 2. The summed E-state index contributed by atoms with van der Waals surface area (Å²) in [7, 11) is 1.71. The van der Waals surface area contributed by atoms with Gasteiger partial charge in [0.1, 0.15) is 5.75 Å². The standard InChI is InChI=1S/C14H19NO3/c1-17-13-4-2-3-9-5-12-14(6-11(9)13)18-10(8-16)7-15-12/h2-4,10,12,14-16H,5-8H2,1H3/t10-,12?,14-/m1/s1. The summed E-state index contributed by atoms with van der Waals surface area (Å²) in [5.74, 6) is 0.945. The van der Waals surface area contributed by atoms with Gasteiger partial charge in [0, 0.05) is 19.0 Å². The highest BCUT2D eigenvalue weighted by atomic mass is 16.5. The van der Waals surface area contributed by atoms with Gasteiger partial charge in [-0.1, -0.05) is 12.1 Å². The average Bonchev–Trinajstić information content (AvgIpc) is 2.43. The predicted octanol–water partition coefficient (Wildman–Crippen LogP) is 0.512. The summed E-state index contributed by atoms with van der Waals surface area (Å²) in [6, 6.07) is 6.55. The first-order valence-electron chi connectivity index (χ1n) is 6.46. The number of hydrogen-bond acceptors (Lipinski definition) is 4. The minimum Gasteiger partial charge on any atom is -0.496 e. The fourth-order valence-corrected chi connectivity index (χ4v) is 2.97. The first kappa shape index (κ1) is 12.0. The molecule has 1 aromatic carbocycles. The first-order valence-corrected chi connectivity index (χ1v) is 6.46. The van der Waals surface area contributed by atoms with E-state index in [4.69, 9.17) is 9.47 Å². The molecule has 0 spiro atoms. The van der Waals surface area contributed by atoms with Crippen molar-refractivity contribution in [3.8, 4) is 5.75 Å². The van der Waals surface area contributed by atoms with Crippen molar-refractivity contribution in [2.75, 3.05) is 20.3 Å². The Bertz CT molecular complexity index is 435. The summed E-state index contributed by atoms with van der Waals surface area (Å²) in [6.45, 7) is 0.811. The minimum absolute atomic E-state index is 0.0784. The first-order chi connectivity index (χ1) is 8.81. The fraction of sp³-hybridized carbons (Fsp3) is 0.571. The Kier molecular flexibility index (Phi) is 3.24. The Morgan fingerprint density at radius 3 is 3.11 bits per heavy atom. The molecular formula is C14H19NO3. The fourth-order valence-electron chi connectivity index (χ4n) is 2.97. The van der Waals surface area contributed by atoms with E-state index in [1.165, 1.54) is 11.1 Å². The Labute approximate surface area is 107 Å². The summed E-state index contributed by atoms with van der Waals surface area (Å²) in [5, 5.41) is 12.7. The van der Waals surface area contributed by atoms with Crippen LogP contribution in [0.15, 0.2) is 18.2 Å². The molecule has 0 saturated carbocycles. The molecule has 0 radical (unpaired) electrons. The molecule has 98 valence electrons. The Hall–Kier alpha value is -1.10. The van der Waals surface area contributed by atoms with Crippen molar-refractivity contribution in [2.45, 2.75) is 31.1 Å². The maximum atomic E-state index is 9.19. The number of aliphatic hydroxyl groups excluding tert-OH is 1. The smallest absolute Gasteiger partial charge is 0.122 e. The molecule has 1 fully saturated rings. The SMILES string of the molecule is COc1cccc2c1C[C@H]1O[C@@H](CO)CNC1C2. The highest BCUT2D eigenvalue weighted by Gasteiger charge is 2.35. The highest BCUT2D eigenvalue weighted by Crippen LogP contribution is 2.32. The van der Waals surface area contributed by atoms with Gasteiger partial charge in [-0.3, -0.25) is 0 Å². The normalized spacial score (nSPS) is 30.4. The van der Waals surface area contributed by atoms with Crippen LogP contribution in [0.1, 0.15) is 11.1 Å². The number of benzene rings is 1. The number of nitrogens with one attached hydrogen (secondary N) is 1.